The second-order valence-corrected chi connectivity index (χ2v) is 5.75. The molecule has 0 amide bonds. The minimum atomic E-state index is 0.662. The summed E-state index contributed by atoms with van der Waals surface area (Å²) >= 11 is 0. The first-order chi connectivity index (χ1) is 11.7. The Kier molecular flexibility index (Phi) is 4.57. The Morgan fingerprint density at radius 3 is 2.50 bits per heavy atom. The summed E-state index contributed by atoms with van der Waals surface area (Å²) in [5, 5.41) is 3.31. The molecule has 120 valence electrons. The smallest absolute Gasteiger partial charge is 0.150 e. The lowest BCUT2D eigenvalue weighted by molar-refractivity contribution is 0.112. The number of aromatic nitrogens is 1. The Balaban J connectivity index is 1.79. The molecule has 3 aromatic rings. The quantitative estimate of drug-likeness (QED) is 0.710. The maximum absolute atomic E-state index is 10.9. The van der Waals surface area contributed by atoms with Gasteiger partial charge >= 0.3 is 0 Å². The Morgan fingerprint density at radius 1 is 0.958 bits per heavy atom. The zero-order valence-electron chi connectivity index (χ0n) is 13.7. The van der Waals surface area contributed by atoms with E-state index in [1.54, 1.807) is 6.07 Å². The second kappa shape index (κ2) is 6.96. The van der Waals surface area contributed by atoms with Crippen LogP contribution in [0.25, 0.3) is 11.1 Å². The van der Waals surface area contributed by atoms with Crippen molar-refractivity contribution in [2.75, 3.05) is 24.3 Å². The van der Waals surface area contributed by atoms with E-state index in [4.69, 9.17) is 0 Å². The van der Waals surface area contributed by atoms with Crippen LogP contribution >= 0.6 is 0 Å². The average molecular weight is 317 g/mol. The molecule has 0 aliphatic rings. The first-order valence-corrected chi connectivity index (χ1v) is 7.72. The molecule has 24 heavy (non-hydrogen) atoms. The van der Waals surface area contributed by atoms with Crippen LogP contribution in [0.2, 0.25) is 0 Å². The molecule has 2 aromatic carbocycles. The Morgan fingerprint density at radius 2 is 1.79 bits per heavy atom. The van der Waals surface area contributed by atoms with Crippen LogP contribution < -0.4 is 10.2 Å². The van der Waals surface area contributed by atoms with Crippen LogP contribution in [0.5, 0.6) is 0 Å². The molecule has 0 aliphatic carbocycles. The van der Waals surface area contributed by atoms with Crippen molar-refractivity contribution in [3.05, 3.63) is 72.4 Å². The van der Waals surface area contributed by atoms with E-state index < -0.39 is 0 Å². The van der Waals surface area contributed by atoms with E-state index >= 15 is 0 Å². The van der Waals surface area contributed by atoms with Gasteiger partial charge in [-0.25, -0.2) is 4.98 Å². The normalized spacial score (nSPS) is 10.2. The van der Waals surface area contributed by atoms with E-state index in [-0.39, 0.29) is 0 Å². The third-order valence-corrected chi connectivity index (χ3v) is 3.75. The summed E-state index contributed by atoms with van der Waals surface area (Å²) in [7, 11) is 4.03. The summed E-state index contributed by atoms with van der Waals surface area (Å²) in [5.74, 6) is 0.779. The van der Waals surface area contributed by atoms with Crippen LogP contribution in [-0.2, 0) is 0 Å². The Labute approximate surface area is 141 Å². The number of carbonyl (C=O) groups is 1. The standard InChI is InChI=1S/C20H19N3O/c1-23(2)19-8-4-7-18(12-19)22-20-10-9-17(13-21-20)16-6-3-5-15(11-16)14-24/h3-14H,1-2H3,(H,21,22). The number of aldehydes is 1. The van der Waals surface area contributed by atoms with Crippen molar-refractivity contribution >= 4 is 23.5 Å². The third-order valence-electron chi connectivity index (χ3n) is 3.75. The summed E-state index contributed by atoms with van der Waals surface area (Å²) < 4.78 is 0. The highest BCUT2D eigenvalue weighted by Gasteiger charge is 2.02. The van der Waals surface area contributed by atoms with E-state index in [0.717, 1.165) is 34.6 Å². The largest absolute Gasteiger partial charge is 0.378 e. The van der Waals surface area contributed by atoms with Crippen LogP contribution in [0, 0.1) is 0 Å². The number of pyridine rings is 1. The van der Waals surface area contributed by atoms with Gasteiger partial charge in [-0.2, -0.15) is 0 Å². The summed E-state index contributed by atoms with van der Waals surface area (Å²) in [6.07, 6.45) is 2.66. The number of nitrogens with one attached hydrogen (secondary N) is 1. The summed E-state index contributed by atoms with van der Waals surface area (Å²) in [6.45, 7) is 0. The molecule has 0 unspecified atom stereocenters. The number of carbonyl (C=O) groups excluding carboxylic acids is 1. The molecular weight excluding hydrogens is 298 g/mol. The van der Waals surface area contributed by atoms with Crippen LogP contribution in [-0.4, -0.2) is 25.4 Å². The zero-order chi connectivity index (χ0) is 16.9. The number of benzene rings is 2. The number of hydrogen-bond donors (Lipinski definition) is 1. The van der Waals surface area contributed by atoms with Gasteiger partial charge in [-0.3, -0.25) is 4.79 Å². The van der Waals surface area contributed by atoms with Crippen molar-refractivity contribution in [3.8, 4) is 11.1 Å². The summed E-state index contributed by atoms with van der Waals surface area (Å²) in [6, 6.07) is 19.6. The maximum atomic E-state index is 10.9. The number of hydrogen-bond acceptors (Lipinski definition) is 4. The number of rotatable bonds is 5. The molecule has 0 saturated carbocycles. The van der Waals surface area contributed by atoms with Gasteiger partial charge < -0.3 is 10.2 Å². The lowest BCUT2D eigenvalue weighted by Gasteiger charge is -2.14. The lowest BCUT2D eigenvalue weighted by atomic mass is 10.1. The fraction of sp³-hybridized carbons (Fsp3) is 0.100. The van der Waals surface area contributed by atoms with E-state index in [0.29, 0.717) is 5.56 Å². The highest BCUT2D eigenvalue weighted by molar-refractivity contribution is 5.79. The van der Waals surface area contributed by atoms with Crippen LogP contribution in [0.3, 0.4) is 0 Å². The Bertz CT molecular complexity index is 842. The highest BCUT2D eigenvalue weighted by Crippen LogP contribution is 2.23. The Hall–Kier alpha value is -3.14. The van der Waals surface area contributed by atoms with Gasteiger partial charge in [0.05, 0.1) is 0 Å². The van der Waals surface area contributed by atoms with E-state index in [1.807, 2.05) is 62.8 Å². The molecule has 0 aliphatic heterocycles. The first-order valence-electron chi connectivity index (χ1n) is 7.72. The molecule has 1 N–H and O–H groups in total. The molecule has 0 fully saturated rings. The lowest BCUT2D eigenvalue weighted by Crippen LogP contribution is -2.08. The van der Waals surface area contributed by atoms with Crippen molar-refractivity contribution in [2.45, 2.75) is 0 Å². The van der Waals surface area contributed by atoms with Crippen LogP contribution in [0.15, 0.2) is 66.9 Å². The van der Waals surface area contributed by atoms with E-state index in [1.165, 1.54) is 0 Å². The van der Waals surface area contributed by atoms with Crippen LogP contribution in [0.4, 0.5) is 17.2 Å². The van der Waals surface area contributed by atoms with Gasteiger partial charge in [0.2, 0.25) is 0 Å². The van der Waals surface area contributed by atoms with E-state index in [2.05, 4.69) is 27.3 Å². The number of anilines is 3. The average Bonchev–Trinajstić information content (AvgIpc) is 2.62. The molecule has 1 aromatic heterocycles. The van der Waals surface area contributed by atoms with Gasteiger partial charge in [-0.15, -0.1) is 0 Å². The maximum Gasteiger partial charge on any atom is 0.150 e. The highest BCUT2D eigenvalue weighted by atomic mass is 16.1. The fourth-order valence-electron chi connectivity index (χ4n) is 2.44. The van der Waals surface area contributed by atoms with Crippen molar-refractivity contribution in [1.29, 1.82) is 0 Å². The molecular formula is C20H19N3O. The first kappa shape index (κ1) is 15.7. The molecule has 0 spiro atoms. The van der Waals surface area contributed by atoms with Crippen molar-refractivity contribution in [1.82, 2.24) is 4.98 Å². The van der Waals surface area contributed by atoms with Crippen molar-refractivity contribution in [2.24, 2.45) is 0 Å². The third kappa shape index (κ3) is 3.60. The van der Waals surface area contributed by atoms with Crippen molar-refractivity contribution in [3.63, 3.8) is 0 Å². The van der Waals surface area contributed by atoms with Gasteiger partial charge in [0.1, 0.15) is 12.1 Å². The van der Waals surface area contributed by atoms with Crippen molar-refractivity contribution < 1.29 is 4.79 Å². The second-order valence-electron chi connectivity index (χ2n) is 5.75. The topological polar surface area (TPSA) is 45.2 Å². The van der Waals surface area contributed by atoms with Gasteiger partial charge in [0, 0.05) is 42.8 Å². The van der Waals surface area contributed by atoms with Gasteiger partial charge in [-0.05, 0) is 42.0 Å². The predicted molar refractivity (Wildman–Crippen MR) is 99.1 cm³/mol. The molecule has 1 heterocycles. The minimum absolute atomic E-state index is 0.662. The molecule has 3 rings (SSSR count). The SMILES string of the molecule is CN(C)c1cccc(Nc2ccc(-c3cccc(C=O)c3)cn2)c1. The number of nitrogens with zero attached hydrogens (tertiary/aromatic N) is 2. The monoisotopic (exact) mass is 317 g/mol. The van der Waals surface area contributed by atoms with Gasteiger partial charge in [0.25, 0.3) is 0 Å². The van der Waals surface area contributed by atoms with Gasteiger partial charge in [0.15, 0.2) is 0 Å². The van der Waals surface area contributed by atoms with E-state index in [9.17, 15) is 4.79 Å². The van der Waals surface area contributed by atoms with Crippen LogP contribution in [0.1, 0.15) is 10.4 Å². The zero-order valence-corrected chi connectivity index (χ0v) is 13.7. The minimum Gasteiger partial charge on any atom is -0.378 e. The molecule has 0 radical (unpaired) electrons. The van der Waals surface area contributed by atoms with Gasteiger partial charge in [-0.1, -0.05) is 24.3 Å². The fourth-order valence-corrected chi connectivity index (χ4v) is 2.44. The molecule has 0 saturated heterocycles. The predicted octanol–water partition coefficient (Wildman–Crippen LogP) is 4.37. The molecule has 4 heteroatoms. The summed E-state index contributed by atoms with van der Waals surface area (Å²) in [5.41, 5.74) is 4.74. The summed E-state index contributed by atoms with van der Waals surface area (Å²) in [4.78, 5) is 17.4. The molecule has 0 bridgehead atoms. The molecule has 4 nitrogen and oxygen atoms in total. The molecule has 0 atom stereocenters.